The van der Waals surface area contributed by atoms with E-state index in [1.54, 1.807) is 0 Å². The average molecular weight is 167 g/mol. The van der Waals surface area contributed by atoms with E-state index in [9.17, 15) is 0 Å². The molecule has 0 heterocycles. The lowest BCUT2D eigenvalue weighted by Crippen LogP contribution is -2.40. The van der Waals surface area contributed by atoms with Crippen LogP contribution in [0.5, 0.6) is 0 Å². The zero-order valence-electron chi connectivity index (χ0n) is 7.59. The van der Waals surface area contributed by atoms with E-state index in [0.29, 0.717) is 6.04 Å². The first-order chi connectivity index (χ1) is 5.08. The number of hydrogen-bond donors (Lipinski definition) is 1. The molecule has 1 nitrogen and oxygen atoms in total. The van der Waals surface area contributed by atoms with Crippen molar-refractivity contribution in [2.24, 2.45) is 0 Å². The highest BCUT2D eigenvalue weighted by atomic mass is 28.3. The summed E-state index contributed by atoms with van der Waals surface area (Å²) >= 11 is 0. The second-order valence-corrected chi connectivity index (χ2v) is 9.71. The van der Waals surface area contributed by atoms with Gasteiger partial charge in [-0.25, -0.2) is 0 Å². The molecule has 0 aromatic heterocycles. The molecule has 0 spiro atoms. The van der Waals surface area contributed by atoms with Gasteiger partial charge in [0.2, 0.25) is 0 Å². The van der Waals surface area contributed by atoms with Gasteiger partial charge in [-0.1, -0.05) is 43.9 Å². The first-order valence-electron chi connectivity index (χ1n) is 4.16. The largest absolute Gasteiger partial charge is 0.310 e. The summed E-state index contributed by atoms with van der Waals surface area (Å²) < 4.78 is 0. The molecule has 0 bridgehead atoms. The van der Waals surface area contributed by atoms with Gasteiger partial charge in [0.05, 0.1) is 8.07 Å². The van der Waals surface area contributed by atoms with Crippen molar-refractivity contribution in [3.8, 4) is 0 Å². The normalized spacial score (nSPS) is 18.1. The fourth-order valence-electron chi connectivity index (χ4n) is 0.992. The molecule has 0 saturated heterocycles. The van der Waals surface area contributed by atoms with Crippen molar-refractivity contribution in [2.75, 3.05) is 6.17 Å². The summed E-state index contributed by atoms with van der Waals surface area (Å²) in [6, 6.07) is 0.502. The summed E-state index contributed by atoms with van der Waals surface area (Å²) in [7, 11) is -0.904. The summed E-state index contributed by atoms with van der Waals surface area (Å²) in [6.45, 7) is 7.13. The Labute approximate surface area is 70.2 Å². The van der Waals surface area contributed by atoms with Gasteiger partial charge in [0.15, 0.2) is 0 Å². The topological polar surface area (TPSA) is 12.0 Å². The van der Waals surface area contributed by atoms with Gasteiger partial charge in [-0.05, 0) is 6.17 Å². The summed E-state index contributed by atoms with van der Waals surface area (Å²) in [5.41, 5.74) is 0. The Morgan fingerprint density at radius 3 is 2.18 bits per heavy atom. The van der Waals surface area contributed by atoms with E-state index in [4.69, 9.17) is 0 Å². The molecule has 62 valence electrons. The molecule has 0 aliphatic heterocycles. The van der Waals surface area contributed by atoms with Gasteiger partial charge in [-0.15, -0.1) is 0 Å². The fraction of sp³-hybridized carbons (Fsp3) is 0.556. The van der Waals surface area contributed by atoms with Crippen LogP contribution in [0.1, 0.15) is 0 Å². The summed E-state index contributed by atoms with van der Waals surface area (Å²) in [4.78, 5) is 0. The SMILES string of the molecule is C[Si](C)(C)CNC1C=CC=C1. The van der Waals surface area contributed by atoms with Crippen LogP contribution < -0.4 is 5.32 Å². The van der Waals surface area contributed by atoms with Crippen molar-refractivity contribution in [1.29, 1.82) is 0 Å². The Kier molecular flexibility index (Phi) is 2.68. The first kappa shape index (κ1) is 8.75. The minimum Gasteiger partial charge on any atom is -0.310 e. The van der Waals surface area contributed by atoms with Gasteiger partial charge < -0.3 is 5.32 Å². The van der Waals surface area contributed by atoms with E-state index >= 15 is 0 Å². The summed E-state index contributed by atoms with van der Waals surface area (Å²) in [5, 5.41) is 3.51. The zero-order valence-corrected chi connectivity index (χ0v) is 8.59. The number of nitrogens with one attached hydrogen (secondary N) is 1. The van der Waals surface area contributed by atoms with E-state index in [1.165, 1.54) is 6.17 Å². The molecule has 0 aromatic rings. The maximum atomic E-state index is 3.51. The molecule has 0 unspecified atom stereocenters. The van der Waals surface area contributed by atoms with Crippen molar-refractivity contribution < 1.29 is 0 Å². The first-order valence-corrected chi connectivity index (χ1v) is 7.87. The second-order valence-electron chi connectivity index (χ2n) is 4.24. The monoisotopic (exact) mass is 167 g/mol. The van der Waals surface area contributed by atoms with Crippen molar-refractivity contribution in [3.63, 3.8) is 0 Å². The standard InChI is InChI=1S/C9H17NSi/c1-11(2,3)8-10-9-6-4-5-7-9/h4-7,9-10H,8H2,1-3H3. The fourth-order valence-corrected chi connectivity index (χ4v) is 1.84. The van der Waals surface area contributed by atoms with Crippen molar-refractivity contribution in [3.05, 3.63) is 24.3 Å². The molecular weight excluding hydrogens is 150 g/mol. The lowest BCUT2D eigenvalue weighted by Gasteiger charge is -2.18. The van der Waals surface area contributed by atoms with Gasteiger partial charge in [-0.3, -0.25) is 0 Å². The second kappa shape index (κ2) is 3.37. The van der Waals surface area contributed by atoms with Crippen molar-refractivity contribution in [2.45, 2.75) is 25.7 Å². The summed E-state index contributed by atoms with van der Waals surface area (Å²) in [5.74, 6) is 0. The molecule has 1 rings (SSSR count). The molecule has 1 aliphatic rings. The maximum absolute atomic E-state index is 3.51. The molecule has 0 radical (unpaired) electrons. The Balaban J connectivity index is 2.23. The highest BCUT2D eigenvalue weighted by molar-refractivity contribution is 6.76. The molecule has 0 atom stereocenters. The Hall–Kier alpha value is -0.343. The van der Waals surface area contributed by atoms with Gasteiger partial charge in [0.25, 0.3) is 0 Å². The van der Waals surface area contributed by atoms with Crippen LogP contribution >= 0.6 is 0 Å². The zero-order chi connectivity index (χ0) is 8.32. The summed E-state index contributed by atoms with van der Waals surface area (Å²) in [6.07, 6.45) is 9.79. The quantitative estimate of drug-likeness (QED) is 0.634. The Bertz CT molecular complexity index is 164. The number of allylic oxidation sites excluding steroid dienone is 2. The lowest BCUT2D eigenvalue weighted by atomic mass is 10.3. The van der Waals surface area contributed by atoms with Crippen LogP contribution in [-0.2, 0) is 0 Å². The van der Waals surface area contributed by atoms with Crippen LogP contribution in [0.2, 0.25) is 19.6 Å². The molecule has 2 heteroatoms. The average Bonchev–Trinajstić information content (AvgIpc) is 2.32. The Morgan fingerprint density at radius 2 is 1.73 bits per heavy atom. The van der Waals surface area contributed by atoms with Crippen LogP contribution in [0, 0.1) is 0 Å². The number of hydrogen-bond acceptors (Lipinski definition) is 1. The lowest BCUT2D eigenvalue weighted by molar-refractivity contribution is 0.760. The molecule has 11 heavy (non-hydrogen) atoms. The van der Waals surface area contributed by atoms with Gasteiger partial charge in [0.1, 0.15) is 0 Å². The molecule has 0 aromatic carbocycles. The van der Waals surface area contributed by atoms with E-state index in [0.717, 1.165) is 0 Å². The third-order valence-corrected chi connectivity index (χ3v) is 2.88. The third-order valence-electron chi connectivity index (χ3n) is 1.62. The highest BCUT2D eigenvalue weighted by Crippen LogP contribution is 2.02. The smallest absolute Gasteiger partial charge is 0.0596 e. The van der Waals surface area contributed by atoms with Crippen LogP contribution in [-0.4, -0.2) is 20.3 Å². The molecule has 0 fully saturated rings. The van der Waals surface area contributed by atoms with Crippen molar-refractivity contribution in [1.82, 2.24) is 5.32 Å². The third kappa shape index (κ3) is 3.53. The predicted molar refractivity (Wildman–Crippen MR) is 53.4 cm³/mol. The minimum atomic E-state index is -0.904. The van der Waals surface area contributed by atoms with Crippen LogP contribution in [0.3, 0.4) is 0 Å². The maximum Gasteiger partial charge on any atom is 0.0596 e. The molecule has 0 saturated carbocycles. The minimum absolute atomic E-state index is 0.502. The molecule has 1 N–H and O–H groups in total. The van der Waals surface area contributed by atoms with Crippen LogP contribution in [0.15, 0.2) is 24.3 Å². The van der Waals surface area contributed by atoms with E-state index in [2.05, 4.69) is 49.3 Å². The van der Waals surface area contributed by atoms with Gasteiger partial charge >= 0.3 is 0 Å². The molecule has 1 aliphatic carbocycles. The van der Waals surface area contributed by atoms with Gasteiger partial charge in [-0.2, -0.15) is 0 Å². The predicted octanol–water partition coefficient (Wildman–Crippen LogP) is 1.95. The van der Waals surface area contributed by atoms with E-state index < -0.39 is 8.07 Å². The van der Waals surface area contributed by atoms with Crippen LogP contribution in [0.25, 0.3) is 0 Å². The van der Waals surface area contributed by atoms with Crippen LogP contribution in [0.4, 0.5) is 0 Å². The van der Waals surface area contributed by atoms with E-state index in [-0.39, 0.29) is 0 Å². The van der Waals surface area contributed by atoms with Gasteiger partial charge in [0, 0.05) is 6.04 Å². The molecule has 0 amide bonds. The molecular formula is C9H17NSi. The Morgan fingerprint density at radius 1 is 1.18 bits per heavy atom. The van der Waals surface area contributed by atoms with Crippen molar-refractivity contribution >= 4 is 8.07 Å². The van der Waals surface area contributed by atoms with E-state index in [1.807, 2.05) is 0 Å². The number of rotatable bonds is 3. The highest BCUT2D eigenvalue weighted by Gasteiger charge is 2.13.